The van der Waals surface area contributed by atoms with Crippen LogP contribution in [-0.2, 0) is 6.61 Å². The van der Waals surface area contributed by atoms with Gasteiger partial charge in [0, 0.05) is 17.2 Å². The van der Waals surface area contributed by atoms with Gasteiger partial charge in [-0.25, -0.2) is 13.2 Å². The van der Waals surface area contributed by atoms with Crippen LogP contribution in [0.5, 0.6) is 5.75 Å². The molecule has 0 aliphatic rings. The SMILES string of the molecule is OCC#Cc1ccc(COc2cc(F)ccc2F)c(F)c1. The molecule has 2 nitrogen and oxygen atoms in total. The lowest BCUT2D eigenvalue weighted by atomic mass is 10.1. The summed E-state index contributed by atoms with van der Waals surface area (Å²) >= 11 is 0. The van der Waals surface area contributed by atoms with E-state index in [9.17, 15) is 13.2 Å². The van der Waals surface area contributed by atoms with E-state index in [0.29, 0.717) is 5.56 Å². The predicted molar refractivity (Wildman–Crippen MR) is 71.1 cm³/mol. The molecule has 108 valence electrons. The topological polar surface area (TPSA) is 29.5 Å². The zero-order chi connectivity index (χ0) is 15.2. The van der Waals surface area contributed by atoms with Gasteiger partial charge in [0.2, 0.25) is 0 Å². The molecule has 1 N–H and O–H groups in total. The van der Waals surface area contributed by atoms with Gasteiger partial charge in [0.1, 0.15) is 24.8 Å². The molecule has 0 radical (unpaired) electrons. The smallest absolute Gasteiger partial charge is 0.165 e. The van der Waals surface area contributed by atoms with Crippen molar-refractivity contribution in [2.24, 2.45) is 0 Å². The molecule has 2 rings (SSSR count). The number of ether oxygens (including phenoxy) is 1. The Hall–Kier alpha value is -2.45. The first-order valence-corrected chi connectivity index (χ1v) is 6.06. The lowest BCUT2D eigenvalue weighted by molar-refractivity contribution is 0.283. The van der Waals surface area contributed by atoms with Crippen LogP contribution in [0.15, 0.2) is 36.4 Å². The maximum Gasteiger partial charge on any atom is 0.165 e. The maximum atomic E-state index is 13.8. The molecule has 0 amide bonds. The van der Waals surface area contributed by atoms with Crippen molar-refractivity contribution in [2.45, 2.75) is 6.61 Å². The third kappa shape index (κ3) is 4.01. The Bertz CT molecular complexity index is 702. The summed E-state index contributed by atoms with van der Waals surface area (Å²) in [4.78, 5) is 0. The Labute approximate surface area is 119 Å². The molecule has 0 spiro atoms. The van der Waals surface area contributed by atoms with Crippen molar-refractivity contribution in [2.75, 3.05) is 6.61 Å². The van der Waals surface area contributed by atoms with Crippen molar-refractivity contribution in [1.82, 2.24) is 0 Å². The highest BCUT2D eigenvalue weighted by atomic mass is 19.1. The van der Waals surface area contributed by atoms with E-state index in [1.54, 1.807) is 6.07 Å². The number of benzene rings is 2. The minimum atomic E-state index is -0.720. The van der Waals surface area contributed by atoms with E-state index in [1.165, 1.54) is 12.1 Å². The van der Waals surface area contributed by atoms with E-state index < -0.39 is 17.5 Å². The Balaban J connectivity index is 2.11. The molecule has 0 unspecified atom stereocenters. The Morgan fingerprint density at radius 2 is 1.81 bits per heavy atom. The number of hydrogen-bond donors (Lipinski definition) is 1. The molecule has 0 bridgehead atoms. The molecule has 0 saturated heterocycles. The highest BCUT2D eigenvalue weighted by molar-refractivity contribution is 5.37. The summed E-state index contributed by atoms with van der Waals surface area (Å²) in [6.45, 7) is -0.550. The number of rotatable bonds is 3. The number of halogens is 3. The summed E-state index contributed by atoms with van der Waals surface area (Å²) in [6, 6.07) is 6.98. The van der Waals surface area contributed by atoms with Gasteiger partial charge in [0.25, 0.3) is 0 Å². The molecule has 21 heavy (non-hydrogen) atoms. The van der Waals surface area contributed by atoms with Gasteiger partial charge in [-0.3, -0.25) is 0 Å². The molecule has 2 aromatic rings. The second-order valence-electron chi connectivity index (χ2n) is 4.13. The van der Waals surface area contributed by atoms with E-state index in [2.05, 4.69) is 11.8 Å². The van der Waals surface area contributed by atoms with Crippen molar-refractivity contribution < 1.29 is 23.0 Å². The Kier molecular flexibility index (Phi) is 4.85. The molecular formula is C16H11F3O2. The van der Waals surface area contributed by atoms with Crippen molar-refractivity contribution in [1.29, 1.82) is 0 Å². The van der Waals surface area contributed by atoms with Crippen LogP contribution >= 0.6 is 0 Å². The molecular weight excluding hydrogens is 281 g/mol. The van der Waals surface area contributed by atoms with Crippen molar-refractivity contribution in [3.8, 4) is 17.6 Å². The zero-order valence-corrected chi connectivity index (χ0v) is 10.9. The third-order valence-electron chi connectivity index (χ3n) is 2.64. The van der Waals surface area contributed by atoms with Gasteiger partial charge in [-0.2, -0.15) is 0 Å². The third-order valence-corrected chi connectivity index (χ3v) is 2.64. The van der Waals surface area contributed by atoms with Gasteiger partial charge in [-0.15, -0.1) is 0 Å². The van der Waals surface area contributed by atoms with E-state index in [1.807, 2.05) is 0 Å². The fourth-order valence-corrected chi connectivity index (χ4v) is 1.63. The predicted octanol–water partition coefficient (Wildman–Crippen LogP) is 3.03. The minimum absolute atomic E-state index is 0.188. The first-order valence-electron chi connectivity index (χ1n) is 6.06. The van der Waals surface area contributed by atoms with Crippen LogP contribution < -0.4 is 4.74 Å². The summed E-state index contributed by atoms with van der Waals surface area (Å²) in [7, 11) is 0. The minimum Gasteiger partial charge on any atom is -0.486 e. The quantitative estimate of drug-likeness (QED) is 0.881. The standard InChI is InChI=1S/C16H11F3O2/c17-13-5-6-14(18)16(9-13)21-10-12-4-3-11(2-1-7-20)8-15(12)19/h3-6,8-9,20H,7,10H2. The number of aliphatic hydroxyl groups is 1. The first kappa shape index (κ1) is 14.9. The van der Waals surface area contributed by atoms with Crippen LogP contribution in [0.4, 0.5) is 13.2 Å². The van der Waals surface area contributed by atoms with E-state index >= 15 is 0 Å². The average molecular weight is 292 g/mol. The molecule has 0 aliphatic carbocycles. The average Bonchev–Trinajstić information content (AvgIpc) is 2.47. The zero-order valence-electron chi connectivity index (χ0n) is 10.9. The second-order valence-corrected chi connectivity index (χ2v) is 4.13. The van der Waals surface area contributed by atoms with Gasteiger partial charge >= 0.3 is 0 Å². The lowest BCUT2D eigenvalue weighted by Crippen LogP contribution is -2.01. The fourth-order valence-electron chi connectivity index (χ4n) is 1.63. The molecule has 0 aliphatic heterocycles. The van der Waals surface area contributed by atoms with Crippen LogP contribution in [0.25, 0.3) is 0 Å². The summed E-state index contributed by atoms with van der Waals surface area (Å²) in [5, 5.41) is 8.56. The molecule has 5 heteroatoms. The first-order chi connectivity index (χ1) is 10.1. The molecule has 0 saturated carbocycles. The van der Waals surface area contributed by atoms with Crippen molar-refractivity contribution in [3.63, 3.8) is 0 Å². The van der Waals surface area contributed by atoms with Crippen molar-refractivity contribution in [3.05, 3.63) is 65.0 Å². The normalized spacial score (nSPS) is 9.90. The van der Waals surface area contributed by atoms with E-state index in [-0.39, 0.29) is 24.5 Å². The number of hydrogen-bond acceptors (Lipinski definition) is 2. The Morgan fingerprint density at radius 1 is 1.00 bits per heavy atom. The van der Waals surface area contributed by atoms with Crippen LogP contribution in [0.3, 0.4) is 0 Å². The van der Waals surface area contributed by atoms with E-state index in [0.717, 1.165) is 18.2 Å². The highest BCUT2D eigenvalue weighted by Gasteiger charge is 2.08. The molecule has 0 fully saturated rings. The summed E-state index contributed by atoms with van der Waals surface area (Å²) < 4.78 is 45.2. The Morgan fingerprint density at radius 3 is 2.52 bits per heavy atom. The fraction of sp³-hybridized carbons (Fsp3) is 0.125. The maximum absolute atomic E-state index is 13.8. The monoisotopic (exact) mass is 292 g/mol. The summed E-state index contributed by atoms with van der Waals surface area (Å²) in [5.74, 6) is 2.75. The van der Waals surface area contributed by atoms with Crippen LogP contribution in [0.2, 0.25) is 0 Å². The molecule has 0 heterocycles. The van der Waals surface area contributed by atoms with Crippen LogP contribution in [0.1, 0.15) is 11.1 Å². The number of aliphatic hydroxyl groups excluding tert-OH is 1. The second kappa shape index (κ2) is 6.82. The highest BCUT2D eigenvalue weighted by Crippen LogP contribution is 2.20. The van der Waals surface area contributed by atoms with Gasteiger partial charge in [0.05, 0.1) is 0 Å². The van der Waals surface area contributed by atoms with Gasteiger partial charge < -0.3 is 9.84 Å². The summed E-state index contributed by atoms with van der Waals surface area (Å²) in [5.41, 5.74) is 0.593. The van der Waals surface area contributed by atoms with Crippen molar-refractivity contribution >= 4 is 0 Å². The molecule has 0 atom stereocenters. The summed E-state index contributed by atoms with van der Waals surface area (Å²) in [6.07, 6.45) is 0. The lowest BCUT2D eigenvalue weighted by Gasteiger charge is -2.08. The van der Waals surface area contributed by atoms with Gasteiger partial charge in [0.15, 0.2) is 11.6 Å². The van der Waals surface area contributed by atoms with E-state index in [4.69, 9.17) is 9.84 Å². The van der Waals surface area contributed by atoms with Gasteiger partial charge in [-0.05, 0) is 24.3 Å². The van der Waals surface area contributed by atoms with Crippen LogP contribution in [0, 0.1) is 29.3 Å². The molecule has 2 aromatic carbocycles. The largest absolute Gasteiger partial charge is 0.486 e. The molecule has 0 aromatic heterocycles. The van der Waals surface area contributed by atoms with Gasteiger partial charge in [-0.1, -0.05) is 17.9 Å². The van der Waals surface area contributed by atoms with Crippen LogP contribution in [-0.4, -0.2) is 11.7 Å².